The fourth-order valence-electron chi connectivity index (χ4n) is 4.08. The van der Waals surface area contributed by atoms with Crippen LogP contribution in [0.25, 0.3) is 5.13 Å². The summed E-state index contributed by atoms with van der Waals surface area (Å²) in [6.07, 6.45) is 6.64. The predicted molar refractivity (Wildman–Crippen MR) is 129 cm³/mol. The topological polar surface area (TPSA) is 66.3 Å². The lowest BCUT2D eigenvalue weighted by molar-refractivity contribution is -0.125. The Labute approximate surface area is 194 Å². The van der Waals surface area contributed by atoms with Crippen LogP contribution in [0.15, 0.2) is 54.9 Å². The van der Waals surface area contributed by atoms with Crippen LogP contribution in [0.4, 0.5) is 5.13 Å². The molecule has 7 nitrogen and oxygen atoms in total. The Kier molecular flexibility index (Phi) is 7.90. The van der Waals surface area contributed by atoms with E-state index < -0.39 is 0 Å². The number of piperidine rings is 1. The second-order valence-corrected chi connectivity index (χ2v) is 9.15. The van der Waals surface area contributed by atoms with Gasteiger partial charge in [0.05, 0.1) is 0 Å². The van der Waals surface area contributed by atoms with E-state index in [-0.39, 0.29) is 11.8 Å². The van der Waals surface area contributed by atoms with Crippen LogP contribution in [0.5, 0.6) is 0 Å². The van der Waals surface area contributed by atoms with Crippen LogP contribution < -0.4 is 10.2 Å². The molecule has 1 fully saturated rings. The van der Waals surface area contributed by atoms with E-state index in [2.05, 4.69) is 62.6 Å². The van der Waals surface area contributed by atoms with Gasteiger partial charge in [0.2, 0.25) is 16.2 Å². The third-order valence-corrected chi connectivity index (χ3v) is 7.01. The minimum Gasteiger partial charge on any atom is -0.356 e. The normalized spacial score (nSPS) is 14.8. The lowest BCUT2D eigenvalue weighted by Gasteiger charge is -2.30. The Hall–Kier alpha value is -2.71. The molecule has 0 bridgehead atoms. The van der Waals surface area contributed by atoms with Gasteiger partial charge in [-0.15, -0.1) is 10.2 Å². The number of nitrogens with zero attached hydrogens (tertiary/aromatic N) is 5. The van der Waals surface area contributed by atoms with E-state index in [0.29, 0.717) is 0 Å². The summed E-state index contributed by atoms with van der Waals surface area (Å²) in [5.41, 5.74) is 1.33. The van der Waals surface area contributed by atoms with Crippen molar-refractivity contribution in [1.29, 1.82) is 0 Å². The average Bonchev–Trinajstić information content (AvgIpc) is 3.54. The maximum absolute atomic E-state index is 12.6. The van der Waals surface area contributed by atoms with E-state index in [1.54, 1.807) is 11.3 Å². The van der Waals surface area contributed by atoms with Gasteiger partial charge in [0.15, 0.2) is 0 Å². The minimum atomic E-state index is 0.0923. The highest BCUT2D eigenvalue weighted by molar-refractivity contribution is 7.17. The van der Waals surface area contributed by atoms with Gasteiger partial charge in [0.25, 0.3) is 0 Å². The van der Waals surface area contributed by atoms with Crippen LogP contribution in [-0.4, -0.2) is 58.3 Å². The smallest absolute Gasteiger partial charge is 0.223 e. The van der Waals surface area contributed by atoms with Crippen molar-refractivity contribution in [2.45, 2.75) is 32.7 Å². The largest absolute Gasteiger partial charge is 0.356 e. The Balaban J connectivity index is 1.16. The minimum absolute atomic E-state index is 0.0923. The number of carbonyl (C=O) groups excluding carboxylic acids is 1. The molecule has 0 unspecified atom stereocenters. The zero-order chi connectivity index (χ0) is 22.2. The molecule has 1 aliphatic heterocycles. The molecule has 1 N–H and O–H groups in total. The molecule has 170 valence electrons. The molecule has 3 heterocycles. The van der Waals surface area contributed by atoms with E-state index in [1.165, 1.54) is 5.56 Å². The molecule has 3 aromatic rings. The van der Waals surface area contributed by atoms with Crippen molar-refractivity contribution >= 4 is 22.4 Å². The SMILES string of the molecule is CCN(CCCNC(=O)C1CCN(c2nnc(-n3cccc3)s2)CC1)Cc1ccccc1. The van der Waals surface area contributed by atoms with Crippen LogP contribution >= 0.6 is 11.3 Å². The third-order valence-electron chi connectivity index (χ3n) is 6.01. The van der Waals surface area contributed by atoms with Crippen LogP contribution in [0, 0.1) is 5.92 Å². The van der Waals surface area contributed by atoms with Crippen molar-refractivity contribution in [3.63, 3.8) is 0 Å². The molecule has 0 saturated carbocycles. The zero-order valence-corrected chi connectivity index (χ0v) is 19.5. The number of rotatable bonds is 10. The van der Waals surface area contributed by atoms with E-state index in [9.17, 15) is 4.79 Å². The first-order valence-electron chi connectivity index (χ1n) is 11.5. The summed E-state index contributed by atoms with van der Waals surface area (Å²) in [5.74, 6) is 0.288. The van der Waals surface area contributed by atoms with Gasteiger partial charge in [-0.2, -0.15) is 0 Å². The summed E-state index contributed by atoms with van der Waals surface area (Å²) >= 11 is 1.59. The lowest BCUT2D eigenvalue weighted by atomic mass is 9.96. The Morgan fingerprint density at radius 1 is 1.09 bits per heavy atom. The van der Waals surface area contributed by atoms with Crippen molar-refractivity contribution in [3.8, 4) is 5.13 Å². The summed E-state index contributed by atoms with van der Waals surface area (Å²) < 4.78 is 1.97. The van der Waals surface area contributed by atoms with Crippen molar-refractivity contribution in [2.24, 2.45) is 5.92 Å². The standard InChI is InChI=1S/C24H32N6OS/c1-2-28(19-20-9-4-3-5-10-20)14-8-13-25-22(31)21-11-17-30(18-12-21)24-27-26-23(32-24)29-15-6-7-16-29/h3-7,9-10,15-16,21H,2,8,11-14,17-19H2,1H3,(H,25,31). The van der Waals surface area contributed by atoms with Crippen LogP contribution in [0.3, 0.4) is 0 Å². The Morgan fingerprint density at radius 2 is 1.81 bits per heavy atom. The van der Waals surface area contributed by atoms with Gasteiger partial charge in [-0.25, -0.2) is 0 Å². The second kappa shape index (κ2) is 11.2. The van der Waals surface area contributed by atoms with Gasteiger partial charge < -0.3 is 10.2 Å². The summed E-state index contributed by atoms with van der Waals surface area (Å²) in [6.45, 7) is 7.58. The predicted octanol–water partition coefficient (Wildman–Crippen LogP) is 3.57. The Morgan fingerprint density at radius 3 is 2.53 bits per heavy atom. The number of amides is 1. The quantitative estimate of drug-likeness (QED) is 0.477. The van der Waals surface area contributed by atoms with Crippen molar-refractivity contribution in [2.75, 3.05) is 37.6 Å². The van der Waals surface area contributed by atoms with E-state index >= 15 is 0 Å². The van der Waals surface area contributed by atoms with E-state index in [4.69, 9.17) is 0 Å². The van der Waals surface area contributed by atoms with Crippen molar-refractivity contribution < 1.29 is 4.79 Å². The molecular formula is C24H32N6OS. The third kappa shape index (κ3) is 5.95. The highest BCUT2D eigenvalue weighted by atomic mass is 32.1. The fourth-order valence-corrected chi connectivity index (χ4v) is 4.95. The molecule has 0 aliphatic carbocycles. The van der Waals surface area contributed by atoms with Crippen LogP contribution in [-0.2, 0) is 11.3 Å². The molecule has 1 aromatic carbocycles. The first-order valence-corrected chi connectivity index (χ1v) is 12.3. The summed E-state index contributed by atoms with van der Waals surface area (Å²) in [6, 6.07) is 14.5. The molecule has 1 aliphatic rings. The van der Waals surface area contributed by atoms with Gasteiger partial charge in [-0.05, 0) is 43.5 Å². The zero-order valence-electron chi connectivity index (χ0n) is 18.7. The molecule has 0 radical (unpaired) electrons. The van der Waals surface area contributed by atoms with Crippen molar-refractivity contribution in [3.05, 3.63) is 60.4 Å². The summed E-state index contributed by atoms with van der Waals surface area (Å²) in [7, 11) is 0. The number of hydrogen-bond acceptors (Lipinski definition) is 6. The van der Waals surface area contributed by atoms with Gasteiger partial charge in [0, 0.05) is 51.0 Å². The first kappa shape index (κ1) is 22.5. The molecule has 1 amide bonds. The number of anilines is 1. The number of hydrogen-bond donors (Lipinski definition) is 1. The molecular weight excluding hydrogens is 420 g/mol. The van der Waals surface area contributed by atoms with Gasteiger partial charge in [-0.1, -0.05) is 48.6 Å². The highest BCUT2D eigenvalue weighted by Gasteiger charge is 2.26. The van der Waals surface area contributed by atoms with E-state index in [1.807, 2.05) is 29.1 Å². The fraction of sp³-hybridized carbons (Fsp3) is 0.458. The number of nitrogens with one attached hydrogen (secondary N) is 1. The molecule has 1 saturated heterocycles. The van der Waals surface area contributed by atoms with Gasteiger partial charge in [0.1, 0.15) is 0 Å². The molecule has 8 heteroatoms. The maximum Gasteiger partial charge on any atom is 0.223 e. The molecule has 4 rings (SSSR count). The molecule has 32 heavy (non-hydrogen) atoms. The van der Waals surface area contributed by atoms with Gasteiger partial charge >= 0.3 is 0 Å². The first-order chi connectivity index (χ1) is 15.7. The monoisotopic (exact) mass is 452 g/mol. The van der Waals surface area contributed by atoms with E-state index in [0.717, 1.165) is 68.8 Å². The number of benzene rings is 1. The molecule has 0 atom stereocenters. The van der Waals surface area contributed by atoms with Crippen LogP contribution in [0.1, 0.15) is 31.7 Å². The van der Waals surface area contributed by atoms with Gasteiger partial charge in [-0.3, -0.25) is 14.3 Å². The number of carbonyl (C=O) groups is 1. The lowest BCUT2D eigenvalue weighted by Crippen LogP contribution is -2.41. The average molecular weight is 453 g/mol. The molecule has 0 spiro atoms. The highest BCUT2D eigenvalue weighted by Crippen LogP contribution is 2.27. The summed E-state index contributed by atoms with van der Waals surface area (Å²) in [4.78, 5) is 17.3. The Bertz CT molecular complexity index is 950. The molecule has 2 aromatic heterocycles. The summed E-state index contributed by atoms with van der Waals surface area (Å²) in [5, 5.41) is 13.6. The second-order valence-electron chi connectivity index (χ2n) is 8.22. The van der Waals surface area contributed by atoms with Crippen LogP contribution in [0.2, 0.25) is 0 Å². The van der Waals surface area contributed by atoms with Crippen molar-refractivity contribution in [1.82, 2.24) is 25.0 Å². The maximum atomic E-state index is 12.6. The number of aromatic nitrogens is 3.